The largest absolute Gasteiger partial charge is 0.480 e. The normalized spacial score (nSPS) is 17.0. The third kappa shape index (κ3) is 4.47. The Morgan fingerprint density at radius 2 is 2.29 bits per heavy atom. The van der Waals surface area contributed by atoms with Crippen LogP contribution in [0.2, 0.25) is 0 Å². The number of aromatic amines is 1. The number of aliphatic carboxylic acids is 1. The Morgan fingerprint density at radius 1 is 1.52 bits per heavy atom. The van der Waals surface area contributed by atoms with E-state index in [2.05, 4.69) is 27.5 Å². The molecule has 116 valence electrons. The molecule has 1 heterocycles. The highest BCUT2D eigenvalue weighted by Gasteiger charge is 2.41. The van der Waals surface area contributed by atoms with Crippen LogP contribution in [0.25, 0.3) is 0 Å². The zero-order valence-electron chi connectivity index (χ0n) is 12.2. The van der Waals surface area contributed by atoms with E-state index < -0.39 is 18.0 Å². The van der Waals surface area contributed by atoms with Gasteiger partial charge in [0.05, 0.1) is 6.33 Å². The lowest BCUT2D eigenvalue weighted by Gasteiger charge is -2.18. The Kier molecular flexibility index (Phi) is 4.82. The molecular weight excluding hydrogens is 272 g/mol. The summed E-state index contributed by atoms with van der Waals surface area (Å²) in [6.45, 7) is 2.74. The Morgan fingerprint density at radius 3 is 2.81 bits per heavy atom. The Hall–Kier alpha value is -2.05. The molecule has 7 nitrogen and oxygen atoms in total. The van der Waals surface area contributed by atoms with Gasteiger partial charge in [-0.3, -0.25) is 0 Å². The third-order valence-electron chi connectivity index (χ3n) is 3.94. The molecule has 0 spiro atoms. The molecule has 1 aromatic heterocycles. The van der Waals surface area contributed by atoms with Crippen LogP contribution in [0.5, 0.6) is 0 Å². The van der Waals surface area contributed by atoms with E-state index in [-0.39, 0.29) is 11.8 Å². The molecule has 1 fully saturated rings. The Bertz CT molecular complexity index is 482. The molecule has 7 heteroatoms. The van der Waals surface area contributed by atoms with Crippen molar-refractivity contribution in [1.29, 1.82) is 0 Å². The number of nitrogens with zero attached hydrogens (tertiary/aromatic N) is 1. The summed E-state index contributed by atoms with van der Waals surface area (Å²) in [4.78, 5) is 29.7. The minimum absolute atomic E-state index is 0.183. The summed E-state index contributed by atoms with van der Waals surface area (Å²) in [5.41, 5.74) is 0.918. The summed E-state index contributed by atoms with van der Waals surface area (Å²) >= 11 is 0. The van der Waals surface area contributed by atoms with Gasteiger partial charge in [-0.2, -0.15) is 0 Å². The van der Waals surface area contributed by atoms with E-state index in [1.54, 1.807) is 6.20 Å². The van der Waals surface area contributed by atoms with E-state index >= 15 is 0 Å². The van der Waals surface area contributed by atoms with Crippen LogP contribution in [0.3, 0.4) is 0 Å². The molecule has 1 aromatic rings. The van der Waals surface area contributed by atoms with Gasteiger partial charge in [0.15, 0.2) is 0 Å². The van der Waals surface area contributed by atoms with Crippen molar-refractivity contribution in [1.82, 2.24) is 20.6 Å². The van der Waals surface area contributed by atoms with E-state index in [9.17, 15) is 9.59 Å². The first-order valence-electron chi connectivity index (χ1n) is 7.29. The highest BCUT2D eigenvalue weighted by Crippen LogP contribution is 2.48. The van der Waals surface area contributed by atoms with Gasteiger partial charge < -0.3 is 20.7 Å². The van der Waals surface area contributed by atoms with Crippen LogP contribution in [0.15, 0.2) is 12.5 Å². The summed E-state index contributed by atoms with van der Waals surface area (Å²) in [5.74, 6) is -1.06. The molecule has 1 aliphatic carbocycles. The predicted molar refractivity (Wildman–Crippen MR) is 76.8 cm³/mol. The smallest absolute Gasteiger partial charge is 0.326 e. The molecule has 1 saturated carbocycles. The molecule has 21 heavy (non-hydrogen) atoms. The van der Waals surface area contributed by atoms with Crippen molar-refractivity contribution < 1.29 is 14.7 Å². The average molecular weight is 294 g/mol. The summed E-state index contributed by atoms with van der Waals surface area (Å²) in [6.07, 6.45) is 7.69. The maximum atomic E-state index is 11.9. The molecule has 2 amide bonds. The van der Waals surface area contributed by atoms with Gasteiger partial charge in [0.2, 0.25) is 0 Å². The number of carbonyl (C=O) groups is 2. The fourth-order valence-corrected chi connectivity index (χ4v) is 2.52. The molecular formula is C14H22N4O3. The van der Waals surface area contributed by atoms with Crippen molar-refractivity contribution in [3.63, 3.8) is 0 Å². The SMILES string of the molecule is CCCC1(CNC(=O)N[C@@H](Cc2cnc[nH]2)C(=O)O)CC1. The number of carboxylic acid groups (broad SMARTS) is 1. The number of H-pyrrole nitrogens is 1. The number of carbonyl (C=O) groups excluding carboxylic acids is 1. The summed E-state index contributed by atoms with van der Waals surface area (Å²) in [6, 6.07) is -1.39. The van der Waals surface area contributed by atoms with Gasteiger partial charge in [0.1, 0.15) is 6.04 Å². The number of rotatable bonds is 8. The Balaban J connectivity index is 1.80. The summed E-state index contributed by atoms with van der Waals surface area (Å²) < 4.78 is 0. The molecule has 0 aromatic carbocycles. The maximum absolute atomic E-state index is 11.9. The first-order chi connectivity index (χ1) is 10.0. The van der Waals surface area contributed by atoms with E-state index in [1.807, 2.05) is 0 Å². The summed E-state index contributed by atoms with van der Waals surface area (Å²) in [5, 5.41) is 14.5. The summed E-state index contributed by atoms with van der Waals surface area (Å²) in [7, 11) is 0. The van der Waals surface area contributed by atoms with Crippen molar-refractivity contribution in [3.05, 3.63) is 18.2 Å². The standard InChI is InChI=1S/C14H22N4O3/c1-2-3-14(4-5-14)8-16-13(21)18-11(12(19)20)6-10-7-15-9-17-10/h7,9,11H,2-6,8H2,1H3,(H,15,17)(H,19,20)(H2,16,18,21)/t11-/m0/s1. The molecule has 0 bridgehead atoms. The fraction of sp³-hybridized carbons (Fsp3) is 0.643. The van der Waals surface area contributed by atoms with Gasteiger partial charge in [0.25, 0.3) is 0 Å². The van der Waals surface area contributed by atoms with Crippen molar-refractivity contribution in [2.24, 2.45) is 5.41 Å². The minimum Gasteiger partial charge on any atom is -0.480 e. The molecule has 0 unspecified atom stereocenters. The number of aromatic nitrogens is 2. The van der Waals surface area contributed by atoms with Crippen molar-refractivity contribution >= 4 is 12.0 Å². The lowest BCUT2D eigenvalue weighted by molar-refractivity contribution is -0.139. The first kappa shape index (κ1) is 15.3. The monoisotopic (exact) mass is 294 g/mol. The van der Waals surface area contributed by atoms with Crippen LogP contribution in [0.4, 0.5) is 4.79 Å². The highest BCUT2D eigenvalue weighted by molar-refractivity contribution is 5.82. The second-order valence-electron chi connectivity index (χ2n) is 5.75. The van der Waals surface area contributed by atoms with Crippen LogP contribution in [-0.2, 0) is 11.2 Å². The van der Waals surface area contributed by atoms with Crippen LogP contribution in [0, 0.1) is 5.41 Å². The second kappa shape index (κ2) is 6.60. The van der Waals surface area contributed by atoms with Gasteiger partial charge in [0, 0.05) is 24.9 Å². The number of amides is 2. The number of urea groups is 1. The fourth-order valence-electron chi connectivity index (χ4n) is 2.52. The number of nitrogens with one attached hydrogen (secondary N) is 3. The topological polar surface area (TPSA) is 107 Å². The van der Waals surface area contributed by atoms with Gasteiger partial charge >= 0.3 is 12.0 Å². The van der Waals surface area contributed by atoms with Crippen LogP contribution < -0.4 is 10.6 Å². The molecule has 1 atom stereocenters. The van der Waals surface area contributed by atoms with E-state index in [1.165, 1.54) is 6.33 Å². The van der Waals surface area contributed by atoms with E-state index in [4.69, 9.17) is 5.11 Å². The lowest BCUT2D eigenvalue weighted by Crippen LogP contribution is -2.48. The van der Waals surface area contributed by atoms with Crippen LogP contribution in [-0.4, -0.2) is 39.7 Å². The van der Waals surface area contributed by atoms with E-state index in [0.29, 0.717) is 12.2 Å². The third-order valence-corrected chi connectivity index (χ3v) is 3.94. The van der Waals surface area contributed by atoms with Gasteiger partial charge in [-0.15, -0.1) is 0 Å². The number of imidazole rings is 1. The van der Waals surface area contributed by atoms with Crippen molar-refractivity contribution in [2.45, 2.75) is 45.1 Å². The maximum Gasteiger partial charge on any atom is 0.326 e. The minimum atomic E-state index is -1.06. The zero-order chi connectivity index (χ0) is 15.3. The Labute approximate surface area is 123 Å². The molecule has 0 radical (unpaired) electrons. The second-order valence-corrected chi connectivity index (χ2v) is 5.75. The lowest BCUT2D eigenvalue weighted by atomic mass is 10.0. The molecule has 0 aliphatic heterocycles. The van der Waals surface area contributed by atoms with Gasteiger partial charge in [-0.1, -0.05) is 13.3 Å². The molecule has 4 N–H and O–H groups in total. The first-order valence-corrected chi connectivity index (χ1v) is 7.29. The highest BCUT2D eigenvalue weighted by atomic mass is 16.4. The predicted octanol–water partition coefficient (Wildman–Crippen LogP) is 1.28. The van der Waals surface area contributed by atoms with Gasteiger partial charge in [-0.05, 0) is 24.7 Å². The van der Waals surface area contributed by atoms with Crippen LogP contribution in [0.1, 0.15) is 38.3 Å². The van der Waals surface area contributed by atoms with Crippen molar-refractivity contribution in [2.75, 3.05) is 6.54 Å². The average Bonchev–Trinajstić information content (AvgIpc) is 3.01. The zero-order valence-corrected chi connectivity index (χ0v) is 12.2. The molecule has 0 saturated heterocycles. The van der Waals surface area contributed by atoms with E-state index in [0.717, 1.165) is 25.7 Å². The molecule has 1 aliphatic rings. The number of carboxylic acids is 1. The van der Waals surface area contributed by atoms with Gasteiger partial charge in [-0.25, -0.2) is 14.6 Å². The quantitative estimate of drug-likeness (QED) is 0.579. The number of hydrogen-bond acceptors (Lipinski definition) is 3. The van der Waals surface area contributed by atoms with Crippen molar-refractivity contribution in [3.8, 4) is 0 Å². The van der Waals surface area contributed by atoms with Crippen LogP contribution >= 0.6 is 0 Å². The number of hydrogen-bond donors (Lipinski definition) is 4. The molecule has 2 rings (SSSR count).